The predicted octanol–water partition coefficient (Wildman–Crippen LogP) is 0.817. The highest BCUT2D eigenvalue weighted by molar-refractivity contribution is 5.63. The van der Waals surface area contributed by atoms with Gasteiger partial charge in [-0.15, -0.1) is 0 Å². The van der Waals surface area contributed by atoms with E-state index in [1.807, 2.05) is 30.3 Å². The minimum Gasteiger partial charge on any atom is -0.368 e. The minimum absolute atomic E-state index is 0.778. The van der Waals surface area contributed by atoms with Crippen LogP contribution in [-0.4, -0.2) is 5.11 Å². The van der Waals surface area contributed by atoms with Crippen molar-refractivity contribution in [2.24, 2.45) is 5.73 Å². The van der Waals surface area contributed by atoms with Crippen molar-refractivity contribution in [1.29, 1.82) is 0 Å². The van der Waals surface area contributed by atoms with Gasteiger partial charge in [-0.2, -0.15) is 0 Å². The molecule has 2 rings (SSSR count). The van der Waals surface area contributed by atoms with Gasteiger partial charge in [-0.1, -0.05) is 30.3 Å². The first-order chi connectivity index (χ1) is 5.20. The molecule has 0 saturated carbocycles. The van der Waals surface area contributed by atoms with Crippen molar-refractivity contribution in [2.45, 2.75) is 5.72 Å². The molecule has 1 atom stereocenters. The van der Waals surface area contributed by atoms with E-state index in [0.717, 1.165) is 11.1 Å². The van der Waals surface area contributed by atoms with E-state index in [9.17, 15) is 5.11 Å². The second kappa shape index (κ2) is 1.94. The normalized spacial score (nSPS) is 27.1. The summed E-state index contributed by atoms with van der Waals surface area (Å²) < 4.78 is 0. The molecule has 3 N–H and O–H groups in total. The van der Waals surface area contributed by atoms with E-state index in [0.29, 0.717) is 0 Å². The number of nitrogens with two attached hydrogens (primary N) is 1. The lowest BCUT2D eigenvalue weighted by molar-refractivity contribution is 0.101. The maximum atomic E-state index is 9.54. The maximum Gasteiger partial charge on any atom is 0.159 e. The fraction of sp³-hybridized carbons (Fsp3) is 0.111. The number of aliphatic hydroxyl groups is 1. The molecule has 0 saturated heterocycles. The summed E-state index contributed by atoms with van der Waals surface area (Å²) in [6.07, 6.45) is 3.42. The molecule has 0 heterocycles. The molecule has 2 nitrogen and oxygen atoms in total. The highest BCUT2D eigenvalue weighted by Crippen LogP contribution is 2.28. The van der Waals surface area contributed by atoms with Crippen molar-refractivity contribution in [3.05, 3.63) is 41.5 Å². The lowest BCUT2D eigenvalue weighted by atomic mass is 10.1. The van der Waals surface area contributed by atoms with Gasteiger partial charge in [-0.25, -0.2) is 0 Å². The molecule has 0 aromatic heterocycles. The molecule has 1 aliphatic carbocycles. The second-order valence-corrected chi connectivity index (χ2v) is 2.75. The van der Waals surface area contributed by atoms with Gasteiger partial charge in [-0.3, -0.25) is 5.73 Å². The van der Waals surface area contributed by atoms with Gasteiger partial charge in [0.05, 0.1) is 0 Å². The van der Waals surface area contributed by atoms with Crippen LogP contribution in [0.4, 0.5) is 0 Å². The first-order valence-corrected chi connectivity index (χ1v) is 3.50. The maximum absolute atomic E-state index is 9.54. The van der Waals surface area contributed by atoms with Gasteiger partial charge in [0, 0.05) is 5.56 Å². The number of rotatable bonds is 0. The molecule has 0 radical (unpaired) electrons. The van der Waals surface area contributed by atoms with Gasteiger partial charge in [0.15, 0.2) is 5.72 Å². The van der Waals surface area contributed by atoms with Gasteiger partial charge >= 0.3 is 0 Å². The van der Waals surface area contributed by atoms with Crippen LogP contribution in [0.2, 0.25) is 0 Å². The molecule has 1 aliphatic rings. The SMILES string of the molecule is N[C@@]1(O)C=Cc2ccccc21. The first-order valence-electron chi connectivity index (χ1n) is 3.50. The molecule has 0 amide bonds. The molecule has 0 spiro atoms. The summed E-state index contributed by atoms with van der Waals surface area (Å²) >= 11 is 0. The van der Waals surface area contributed by atoms with Crippen LogP contribution >= 0.6 is 0 Å². The van der Waals surface area contributed by atoms with E-state index in [2.05, 4.69) is 0 Å². The topological polar surface area (TPSA) is 46.2 Å². The zero-order chi connectivity index (χ0) is 7.90. The average molecular weight is 147 g/mol. The molecule has 0 bridgehead atoms. The molecule has 2 heteroatoms. The van der Waals surface area contributed by atoms with Crippen molar-refractivity contribution in [2.75, 3.05) is 0 Å². The Bertz CT molecular complexity index is 315. The van der Waals surface area contributed by atoms with Crippen molar-refractivity contribution in [1.82, 2.24) is 0 Å². The minimum atomic E-state index is -1.25. The largest absolute Gasteiger partial charge is 0.368 e. The van der Waals surface area contributed by atoms with Crippen molar-refractivity contribution >= 4 is 6.08 Å². The van der Waals surface area contributed by atoms with Crippen LogP contribution in [0.3, 0.4) is 0 Å². The summed E-state index contributed by atoms with van der Waals surface area (Å²) in [5, 5.41) is 9.54. The van der Waals surface area contributed by atoms with Crippen LogP contribution in [0.1, 0.15) is 11.1 Å². The molecule has 1 aromatic carbocycles. The van der Waals surface area contributed by atoms with E-state index in [-0.39, 0.29) is 0 Å². The average Bonchev–Trinajstić information content (AvgIpc) is 2.29. The van der Waals surface area contributed by atoms with Crippen molar-refractivity contribution in [3.63, 3.8) is 0 Å². The first kappa shape index (κ1) is 6.58. The van der Waals surface area contributed by atoms with Crippen LogP contribution in [0, 0.1) is 0 Å². The smallest absolute Gasteiger partial charge is 0.159 e. The summed E-state index contributed by atoms with van der Waals surface area (Å²) in [5.41, 5.74) is 6.08. The van der Waals surface area contributed by atoms with Crippen molar-refractivity contribution in [3.8, 4) is 0 Å². The van der Waals surface area contributed by atoms with Gasteiger partial charge in [-0.05, 0) is 11.6 Å². The number of hydrogen-bond donors (Lipinski definition) is 2. The number of fused-ring (bicyclic) bond motifs is 1. The Labute approximate surface area is 65.0 Å². The molecule has 0 unspecified atom stereocenters. The summed E-state index contributed by atoms with van der Waals surface area (Å²) in [4.78, 5) is 0. The van der Waals surface area contributed by atoms with Crippen LogP contribution in [-0.2, 0) is 5.72 Å². The lowest BCUT2D eigenvalue weighted by Gasteiger charge is -2.15. The fourth-order valence-electron chi connectivity index (χ4n) is 1.31. The van der Waals surface area contributed by atoms with E-state index in [1.54, 1.807) is 6.08 Å². The second-order valence-electron chi connectivity index (χ2n) is 2.75. The Morgan fingerprint density at radius 2 is 2.00 bits per heavy atom. The highest BCUT2D eigenvalue weighted by atomic mass is 16.3. The summed E-state index contributed by atoms with van der Waals surface area (Å²) in [6.45, 7) is 0. The Morgan fingerprint density at radius 3 is 2.73 bits per heavy atom. The van der Waals surface area contributed by atoms with Crippen LogP contribution in [0.25, 0.3) is 6.08 Å². The van der Waals surface area contributed by atoms with Crippen LogP contribution in [0.5, 0.6) is 0 Å². The van der Waals surface area contributed by atoms with E-state index in [1.165, 1.54) is 0 Å². The predicted molar refractivity (Wildman–Crippen MR) is 43.6 cm³/mol. The zero-order valence-electron chi connectivity index (χ0n) is 5.99. The molecular weight excluding hydrogens is 138 g/mol. The molecule has 56 valence electrons. The van der Waals surface area contributed by atoms with E-state index < -0.39 is 5.72 Å². The van der Waals surface area contributed by atoms with Gasteiger partial charge in [0.1, 0.15) is 0 Å². The third-order valence-corrected chi connectivity index (χ3v) is 1.91. The van der Waals surface area contributed by atoms with Gasteiger partial charge in [0.2, 0.25) is 0 Å². The molecular formula is C9H9NO. The van der Waals surface area contributed by atoms with Crippen LogP contribution < -0.4 is 5.73 Å². The summed E-state index contributed by atoms with van der Waals surface area (Å²) in [5.74, 6) is 0. The Hall–Kier alpha value is -1.12. The number of hydrogen-bond acceptors (Lipinski definition) is 2. The van der Waals surface area contributed by atoms with E-state index >= 15 is 0 Å². The third-order valence-electron chi connectivity index (χ3n) is 1.91. The van der Waals surface area contributed by atoms with Crippen molar-refractivity contribution < 1.29 is 5.11 Å². The Morgan fingerprint density at radius 1 is 1.27 bits per heavy atom. The fourth-order valence-corrected chi connectivity index (χ4v) is 1.31. The monoisotopic (exact) mass is 147 g/mol. The molecule has 1 aromatic rings. The third kappa shape index (κ3) is 0.878. The lowest BCUT2D eigenvalue weighted by Crippen LogP contribution is -2.32. The Balaban J connectivity index is 2.64. The molecule has 0 fully saturated rings. The Kier molecular flexibility index (Phi) is 1.16. The standard InChI is InChI=1S/C9H9NO/c10-9(11)6-5-7-3-1-2-4-8(7)9/h1-6,11H,10H2/t9-/m1/s1. The molecule has 11 heavy (non-hydrogen) atoms. The van der Waals surface area contributed by atoms with Gasteiger partial charge in [0.25, 0.3) is 0 Å². The highest BCUT2D eigenvalue weighted by Gasteiger charge is 2.26. The molecule has 0 aliphatic heterocycles. The van der Waals surface area contributed by atoms with Gasteiger partial charge < -0.3 is 5.11 Å². The quantitative estimate of drug-likeness (QED) is 0.533. The number of benzene rings is 1. The summed E-state index contributed by atoms with van der Waals surface area (Å²) in [7, 11) is 0. The van der Waals surface area contributed by atoms with Crippen LogP contribution in [0.15, 0.2) is 30.3 Å². The summed E-state index contributed by atoms with van der Waals surface area (Å²) in [6, 6.07) is 7.54. The zero-order valence-corrected chi connectivity index (χ0v) is 5.99. The van der Waals surface area contributed by atoms with E-state index in [4.69, 9.17) is 5.73 Å².